The number of hydrogen-bond donors (Lipinski definition) is 2. The van der Waals surface area contributed by atoms with Crippen LogP contribution >= 0.6 is 0 Å². The van der Waals surface area contributed by atoms with E-state index < -0.39 is 5.92 Å². The molecular weight excluding hydrogens is 344 g/mol. The van der Waals surface area contributed by atoms with E-state index in [-0.39, 0.29) is 11.9 Å². The molecule has 1 fully saturated rings. The van der Waals surface area contributed by atoms with Gasteiger partial charge in [-0.05, 0) is 44.0 Å². The van der Waals surface area contributed by atoms with Gasteiger partial charge in [-0.25, -0.2) is 5.01 Å². The second-order valence-electron chi connectivity index (χ2n) is 7.35. The molecule has 1 amide bonds. The van der Waals surface area contributed by atoms with Gasteiger partial charge in [-0.2, -0.15) is 0 Å². The van der Waals surface area contributed by atoms with Gasteiger partial charge in [0.2, 0.25) is 5.91 Å². The predicted molar refractivity (Wildman–Crippen MR) is 102 cm³/mol. The van der Waals surface area contributed by atoms with Crippen LogP contribution in [0, 0.1) is 0 Å². The van der Waals surface area contributed by atoms with Crippen LogP contribution in [0.5, 0.6) is 0 Å². The van der Waals surface area contributed by atoms with Crippen LogP contribution in [-0.2, 0) is 20.7 Å². The van der Waals surface area contributed by atoms with Crippen LogP contribution in [0.4, 0.5) is 0 Å². The summed E-state index contributed by atoms with van der Waals surface area (Å²) in [5.41, 5.74) is 6.07. The number of aromatic nitrogens is 1. The van der Waals surface area contributed by atoms with Crippen LogP contribution in [0.25, 0.3) is 10.9 Å². The van der Waals surface area contributed by atoms with Gasteiger partial charge in [-0.1, -0.05) is 18.2 Å². The molecule has 4 rings (SSSR count). The lowest BCUT2D eigenvalue weighted by Crippen LogP contribution is -2.48. The van der Waals surface area contributed by atoms with E-state index >= 15 is 0 Å². The maximum Gasteiger partial charge on any atom is 0.316 e. The highest BCUT2D eigenvalue weighted by atomic mass is 16.5. The summed E-state index contributed by atoms with van der Waals surface area (Å²) in [6.07, 6.45) is 3.07. The fraction of sp³-hybridized carbons (Fsp3) is 0.500. The maximum atomic E-state index is 12.5. The van der Waals surface area contributed by atoms with E-state index in [1.54, 1.807) is 0 Å². The SMILES string of the molecule is COC(=O)C1CN(NC(=O)CN2CCCC2)CCc2c1[nH]c1ccccc21. The standard InChI is InChI=1S/C20H26N4O3/c1-27-20(26)16-12-24(22-18(25)13-23-9-4-5-10-23)11-8-15-14-6-2-3-7-17(14)21-19(15)16/h2-3,6-7,16,21H,4-5,8-13H2,1H3,(H,22,25). The van der Waals surface area contributed by atoms with Gasteiger partial charge in [-0.15, -0.1) is 0 Å². The van der Waals surface area contributed by atoms with Crippen molar-refractivity contribution in [1.29, 1.82) is 0 Å². The molecule has 1 aromatic heterocycles. The van der Waals surface area contributed by atoms with Crippen molar-refractivity contribution < 1.29 is 14.3 Å². The lowest BCUT2D eigenvalue weighted by molar-refractivity contribution is -0.144. The highest BCUT2D eigenvalue weighted by Crippen LogP contribution is 2.31. The number of rotatable bonds is 4. The van der Waals surface area contributed by atoms with Gasteiger partial charge >= 0.3 is 5.97 Å². The Morgan fingerprint density at radius 2 is 2.00 bits per heavy atom. The monoisotopic (exact) mass is 370 g/mol. The quantitative estimate of drug-likeness (QED) is 0.796. The molecule has 0 radical (unpaired) electrons. The lowest BCUT2D eigenvalue weighted by atomic mass is 10.00. The Morgan fingerprint density at radius 1 is 1.22 bits per heavy atom. The van der Waals surface area contributed by atoms with Gasteiger partial charge in [0.15, 0.2) is 0 Å². The van der Waals surface area contributed by atoms with Gasteiger partial charge in [0, 0.05) is 29.7 Å². The normalized spacial score (nSPS) is 21.0. The summed E-state index contributed by atoms with van der Waals surface area (Å²) in [7, 11) is 1.41. The Kier molecular flexibility index (Phi) is 5.13. The molecule has 1 unspecified atom stereocenters. The average molecular weight is 370 g/mol. The Balaban J connectivity index is 1.54. The molecule has 2 N–H and O–H groups in total. The number of likely N-dealkylation sites (tertiary alicyclic amines) is 1. The van der Waals surface area contributed by atoms with Gasteiger partial charge in [0.05, 0.1) is 13.7 Å². The minimum atomic E-state index is -0.452. The second-order valence-corrected chi connectivity index (χ2v) is 7.35. The first-order valence-electron chi connectivity index (χ1n) is 9.60. The molecule has 144 valence electrons. The molecule has 3 heterocycles. The molecule has 7 heteroatoms. The Bertz CT molecular complexity index is 841. The van der Waals surface area contributed by atoms with E-state index in [2.05, 4.69) is 21.4 Å². The molecule has 0 saturated carbocycles. The number of methoxy groups -OCH3 is 1. The number of nitrogens with one attached hydrogen (secondary N) is 2. The average Bonchev–Trinajstić information content (AvgIpc) is 3.26. The Hall–Kier alpha value is -2.38. The summed E-state index contributed by atoms with van der Waals surface area (Å²) in [4.78, 5) is 30.5. The summed E-state index contributed by atoms with van der Waals surface area (Å²) in [6, 6.07) is 8.08. The zero-order valence-corrected chi connectivity index (χ0v) is 15.7. The second kappa shape index (κ2) is 7.70. The van der Waals surface area contributed by atoms with Gasteiger partial charge in [-0.3, -0.25) is 19.9 Å². The van der Waals surface area contributed by atoms with E-state index in [9.17, 15) is 9.59 Å². The van der Waals surface area contributed by atoms with Gasteiger partial charge in [0.25, 0.3) is 0 Å². The van der Waals surface area contributed by atoms with Crippen molar-refractivity contribution in [2.45, 2.75) is 25.2 Å². The lowest BCUT2D eigenvalue weighted by Gasteiger charge is -2.25. The van der Waals surface area contributed by atoms with Gasteiger partial charge in [0.1, 0.15) is 5.92 Å². The fourth-order valence-corrected chi connectivity index (χ4v) is 4.23. The van der Waals surface area contributed by atoms with E-state index in [1.807, 2.05) is 23.2 Å². The highest BCUT2D eigenvalue weighted by Gasteiger charge is 2.32. The number of para-hydroxylation sites is 1. The van der Waals surface area contributed by atoms with Crippen molar-refractivity contribution in [3.63, 3.8) is 0 Å². The fourth-order valence-electron chi connectivity index (χ4n) is 4.23. The molecule has 1 aromatic carbocycles. The van der Waals surface area contributed by atoms with Gasteiger partial charge < -0.3 is 9.72 Å². The van der Waals surface area contributed by atoms with Crippen LogP contribution in [-0.4, -0.2) is 66.6 Å². The number of benzene rings is 1. The summed E-state index contributed by atoms with van der Waals surface area (Å²) >= 11 is 0. The van der Waals surface area contributed by atoms with Crippen molar-refractivity contribution in [3.8, 4) is 0 Å². The molecule has 0 spiro atoms. The largest absolute Gasteiger partial charge is 0.468 e. The van der Waals surface area contributed by atoms with E-state index in [0.717, 1.165) is 54.5 Å². The van der Waals surface area contributed by atoms with Crippen molar-refractivity contribution in [1.82, 2.24) is 20.3 Å². The molecule has 2 aliphatic rings. The predicted octanol–water partition coefficient (Wildman–Crippen LogP) is 1.41. The number of fused-ring (bicyclic) bond motifs is 3. The minimum Gasteiger partial charge on any atom is -0.468 e. The van der Waals surface area contributed by atoms with E-state index in [4.69, 9.17) is 4.74 Å². The minimum absolute atomic E-state index is 0.0177. The third-order valence-electron chi connectivity index (χ3n) is 5.56. The van der Waals surface area contributed by atoms with Crippen molar-refractivity contribution in [2.75, 3.05) is 39.8 Å². The zero-order valence-electron chi connectivity index (χ0n) is 15.7. The molecular formula is C20H26N4O3. The maximum absolute atomic E-state index is 12.5. The summed E-state index contributed by atoms with van der Waals surface area (Å²) in [5, 5.41) is 2.99. The summed E-state index contributed by atoms with van der Waals surface area (Å²) < 4.78 is 5.05. The van der Waals surface area contributed by atoms with Crippen molar-refractivity contribution >= 4 is 22.8 Å². The number of hydrogen-bond acceptors (Lipinski definition) is 5. The van der Waals surface area contributed by atoms with Crippen LogP contribution in [0.15, 0.2) is 24.3 Å². The smallest absolute Gasteiger partial charge is 0.316 e. The summed E-state index contributed by atoms with van der Waals surface area (Å²) in [5.74, 6) is -0.758. The molecule has 0 aliphatic carbocycles. The number of ether oxygens (including phenoxy) is 1. The van der Waals surface area contributed by atoms with E-state index in [1.165, 1.54) is 7.11 Å². The van der Waals surface area contributed by atoms with Crippen LogP contribution in [0.2, 0.25) is 0 Å². The molecule has 0 bridgehead atoms. The van der Waals surface area contributed by atoms with Crippen LogP contribution in [0.1, 0.15) is 30.0 Å². The number of esters is 1. The molecule has 1 atom stereocenters. The van der Waals surface area contributed by atoms with E-state index in [0.29, 0.717) is 19.6 Å². The number of carbonyl (C=O) groups excluding carboxylic acids is 2. The first-order valence-corrected chi connectivity index (χ1v) is 9.60. The molecule has 7 nitrogen and oxygen atoms in total. The topological polar surface area (TPSA) is 77.7 Å². The Morgan fingerprint density at radius 3 is 2.78 bits per heavy atom. The zero-order chi connectivity index (χ0) is 18.8. The van der Waals surface area contributed by atoms with Crippen LogP contribution < -0.4 is 5.43 Å². The van der Waals surface area contributed by atoms with Crippen molar-refractivity contribution in [2.24, 2.45) is 0 Å². The first kappa shape index (κ1) is 18.0. The number of nitrogens with zero attached hydrogens (tertiary/aromatic N) is 2. The third kappa shape index (κ3) is 3.70. The van der Waals surface area contributed by atoms with Crippen LogP contribution in [0.3, 0.4) is 0 Å². The third-order valence-corrected chi connectivity index (χ3v) is 5.56. The molecule has 1 saturated heterocycles. The first-order chi connectivity index (χ1) is 13.2. The molecule has 27 heavy (non-hydrogen) atoms. The summed E-state index contributed by atoms with van der Waals surface area (Å²) in [6.45, 7) is 3.43. The Labute approximate surface area is 158 Å². The number of H-pyrrole nitrogens is 1. The molecule has 2 aliphatic heterocycles. The van der Waals surface area contributed by atoms with Crippen molar-refractivity contribution in [3.05, 3.63) is 35.5 Å². The highest BCUT2D eigenvalue weighted by molar-refractivity contribution is 5.88. The number of carbonyl (C=O) groups is 2. The number of amides is 1. The number of hydrazine groups is 1. The molecule has 2 aromatic rings. The number of aromatic amines is 1.